The highest BCUT2D eigenvalue weighted by Crippen LogP contribution is 2.20. The van der Waals surface area contributed by atoms with Crippen LogP contribution < -0.4 is 0 Å². The van der Waals surface area contributed by atoms with Crippen LogP contribution in [0.4, 0.5) is 0 Å². The van der Waals surface area contributed by atoms with E-state index < -0.39 is 0 Å². The molecule has 0 aromatic heterocycles. The van der Waals surface area contributed by atoms with E-state index in [0.29, 0.717) is 11.1 Å². The lowest BCUT2D eigenvalue weighted by atomic mass is 10.1. The minimum Gasteiger partial charge on any atom is -0.192 e. The van der Waals surface area contributed by atoms with Crippen molar-refractivity contribution in [3.63, 3.8) is 0 Å². The van der Waals surface area contributed by atoms with Gasteiger partial charge in [0.05, 0.1) is 26.7 Å². The van der Waals surface area contributed by atoms with E-state index in [2.05, 4.69) is 31.9 Å². The van der Waals surface area contributed by atoms with Gasteiger partial charge in [-0.3, -0.25) is 0 Å². The Labute approximate surface area is 98.7 Å². The van der Waals surface area contributed by atoms with Crippen molar-refractivity contribution in [1.82, 2.24) is 0 Å². The zero-order valence-corrected chi connectivity index (χ0v) is 10.1. The topological polar surface area (TPSA) is 47.6 Å². The molecule has 0 aliphatic heterocycles. The molecule has 0 amide bonds. The minimum atomic E-state index is 0.487. The van der Waals surface area contributed by atoms with Crippen LogP contribution in [0.3, 0.4) is 0 Å². The smallest absolute Gasteiger partial charge is 0.0998 e. The summed E-state index contributed by atoms with van der Waals surface area (Å²) in [5.74, 6) is 0. The highest BCUT2D eigenvalue weighted by atomic mass is 79.9. The number of hydrogen-bond donors (Lipinski definition) is 0. The Morgan fingerprint density at radius 1 is 1.21 bits per heavy atom. The van der Waals surface area contributed by atoms with Crippen molar-refractivity contribution in [2.24, 2.45) is 0 Å². The summed E-state index contributed by atoms with van der Waals surface area (Å²) in [4.78, 5) is 0. The summed E-state index contributed by atoms with van der Waals surface area (Å²) in [6.45, 7) is 0. The summed E-state index contributed by atoms with van der Waals surface area (Å²) in [5, 5.41) is 17.5. The van der Waals surface area contributed by atoms with Crippen LogP contribution in [0.15, 0.2) is 21.6 Å². The van der Waals surface area contributed by atoms with Crippen LogP contribution in [0.25, 0.3) is 6.08 Å². The summed E-state index contributed by atoms with van der Waals surface area (Å²) < 4.78 is 0.756. The summed E-state index contributed by atoms with van der Waals surface area (Å²) >= 11 is 6.43. The quantitative estimate of drug-likeness (QED) is 0.796. The summed E-state index contributed by atoms with van der Waals surface area (Å²) in [7, 11) is 0. The lowest BCUT2D eigenvalue weighted by Gasteiger charge is -1.97. The zero-order valence-electron chi connectivity index (χ0n) is 6.96. The summed E-state index contributed by atoms with van der Waals surface area (Å²) in [5.41, 5.74) is 1.75. The molecule has 0 fully saturated rings. The lowest BCUT2D eigenvalue weighted by molar-refractivity contribution is 1.44. The Kier molecular flexibility index (Phi) is 3.88. The van der Waals surface area contributed by atoms with E-state index in [9.17, 15) is 0 Å². The number of hydrogen-bond acceptors (Lipinski definition) is 2. The van der Waals surface area contributed by atoms with Gasteiger partial charge in [0.2, 0.25) is 0 Å². The molecule has 0 aliphatic carbocycles. The predicted octanol–water partition coefficient (Wildman–Crippen LogP) is 3.52. The normalized spacial score (nSPS) is 8.57. The van der Waals surface area contributed by atoms with Gasteiger partial charge in [-0.05, 0) is 55.6 Å². The van der Waals surface area contributed by atoms with Crippen molar-refractivity contribution in [2.75, 3.05) is 0 Å². The van der Waals surface area contributed by atoms with E-state index >= 15 is 0 Å². The Bertz CT molecular complexity index is 460. The molecule has 1 aromatic carbocycles. The van der Waals surface area contributed by atoms with Crippen LogP contribution in [-0.2, 0) is 0 Å². The van der Waals surface area contributed by atoms with E-state index in [1.165, 1.54) is 0 Å². The molecule has 2 nitrogen and oxygen atoms in total. The highest BCUT2D eigenvalue weighted by molar-refractivity contribution is 9.28. The van der Waals surface area contributed by atoms with Gasteiger partial charge in [-0.15, -0.1) is 0 Å². The fraction of sp³-hybridized carbons (Fsp3) is 0. The molecule has 1 rings (SSSR count). The molecule has 4 heteroatoms. The number of benzene rings is 1. The Morgan fingerprint density at radius 2 is 1.93 bits per heavy atom. The Morgan fingerprint density at radius 3 is 2.43 bits per heavy atom. The van der Waals surface area contributed by atoms with Gasteiger partial charge < -0.3 is 0 Å². The molecule has 0 aliphatic rings. The molecule has 14 heavy (non-hydrogen) atoms. The third kappa shape index (κ3) is 2.70. The third-order valence-corrected chi connectivity index (χ3v) is 2.03. The van der Waals surface area contributed by atoms with Gasteiger partial charge in [0.1, 0.15) is 0 Å². The van der Waals surface area contributed by atoms with Gasteiger partial charge in [-0.25, -0.2) is 0 Å². The van der Waals surface area contributed by atoms with E-state index in [0.717, 1.165) is 8.96 Å². The fourth-order valence-corrected chi connectivity index (χ4v) is 1.46. The van der Waals surface area contributed by atoms with Crippen LogP contribution in [0, 0.1) is 22.7 Å². The van der Waals surface area contributed by atoms with Crippen LogP contribution in [-0.4, -0.2) is 0 Å². The van der Waals surface area contributed by atoms with Crippen LogP contribution in [0.1, 0.15) is 16.7 Å². The van der Waals surface area contributed by atoms with E-state index in [4.69, 9.17) is 10.5 Å². The van der Waals surface area contributed by atoms with Crippen LogP contribution in [0.2, 0.25) is 0 Å². The van der Waals surface area contributed by atoms with E-state index in [1.54, 1.807) is 24.3 Å². The van der Waals surface area contributed by atoms with Gasteiger partial charge in [-0.1, -0.05) is 6.07 Å². The first-order valence-electron chi connectivity index (χ1n) is 3.64. The minimum absolute atomic E-state index is 0.487. The van der Waals surface area contributed by atoms with Crippen molar-refractivity contribution in [1.29, 1.82) is 10.5 Å². The molecule has 0 atom stereocenters. The molecule has 0 N–H and O–H groups in total. The zero-order chi connectivity index (χ0) is 10.6. The molecule has 0 heterocycles. The Balaban J connectivity index is 3.29. The number of nitriles is 2. The SMILES string of the molecule is N#Cc1ccc(C=C(Br)Br)c(C#N)c1. The maximum absolute atomic E-state index is 8.83. The number of halogens is 2. The van der Waals surface area contributed by atoms with Crippen molar-refractivity contribution in [2.45, 2.75) is 0 Å². The van der Waals surface area contributed by atoms with Crippen molar-refractivity contribution >= 4 is 37.9 Å². The first-order valence-corrected chi connectivity index (χ1v) is 5.23. The molecule has 0 bridgehead atoms. The Hall–Kier alpha value is -1.10. The summed E-state index contributed by atoms with van der Waals surface area (Å²) in [6.07, 6.45) is 1.76. The monoisotopic (exact) mass is 310 g/mol. The maximum atomic E-state index is 8.83. The molecule has 1 aromatic rings. The van der Waals surface area contributed by atoms with Gasteiger partial charge in [0, 0.05) is 0 Å². The van der Waals surface area contributed by atoms with Gasteiger partial charge in [0.15, 0.2) is 0 Å². The average molecular weight is 312 g/mol. The second kappa shape index (κ2) is 4.95. The molecular formula is C10H4Br2N2. The average Bonchev–Trinajstić information content (AvgIpc) is 2.17. The second-order valence-electron chi connectivity index (χ2n) is 2.46. The fourth-order valence-electron chi connectivity index (χ4n) is 0.966. The van der Waals surface area contributed by atoms with Gasteiger partial charge >= 0.3 is 0 Å². The van der Waals surface area contributed by atoms with E-state index in [1.807, 2.05) is 12.1 Å². The molecule has 0 spiro atoms. The van der Waals surface area contributed by atoms with Crippen molar-refractivity contribution in [3.8, 4) is 12.1 Å². The largest absolute Gasteiger partial charge is 0.192 e. The molecule has 0 saturated carbocycles. The van der Waals surface area contributed by atoms with Crippen molar-refractivity contribution < 1.29 is 0 Å². The molecule has 68 valence electrons. The number of nitrogens with zero attached hydrogens (tertiary/aromatic N) is 2. The van der Waals surface area contributed by atoms with Gasteiger partial charge in [-0.2, -0.15) is 10.5 Å². The first kappa shape index (κ1) is 11.0. The standard InChI is InChI=1S/C10H4Br2N2/c11-10(12)4-8-2-1-7(5-13)3-9(8)6-14/h1-4H. The van der Waals surface area contributed by atoms with Crippen molar-refractivity contribution in [3.05, 3.63) is 38.3 Å². The number of rotatable bonds is 1. The summed E-state index contributed by atoms with van der Waals surface area (Å²) in [6, 6.07) is 9.00. The van der Waals surface area contributed by atoms with Crippen LogP contribution in [0.5, 0.6) is 0 Å². The molecule has 0 saturated heterocycles. The van der Waals surface area contributed by atoms with E-state index in [-0.39, 0.29) is 0 Å². The first-order chi connectivity index (χ1) is 6.67. The predicted molar refractivity (Wildman–Crippen MR) is 61.7 cm³/mol. The molecular weight excluding hydrogens is 308 g/mol. The lowest BCUT2D eigenvalue weighted by Crippen LogP contribution is -1.84. The van der Waals surface area contributed by atoms with Gasteiger partial charge in [0.25, 0.3) is 0 Å². The molecule has 0 radical (unpaired) electrons. The molecule has 0 unspecified atom stereocenters. The highest BCUT2D eigenvalue weighted by Gasteiger charge is 2.01. The van der Waals surface area contributed by atoms with Crippen LogP contribution >= 0.6 is 31.9 Å². The third-order valence-electron chi connectivity index (χ3n) is 1.57. The second-order valence-corrected chi connectivity index (χ2v) is 5.23. The maximum Gasteiger partial charge on any atom is 0.0998 e.